The van der Waals surface area contributed by atoms with Crippen LogP contribution >= 0.6 is 11.6 Å². The third-order valence-corrected chi connectivity index (χ3v) is 4.63. The number of ether oxygens (including phenoxy) is 1. The quantitative estimate of drug-likeness (QED) is 0.665. The zero-order chi connectivity index (χ0) is 16.0. The summed E-state index contributed by atoms with van der Waals surface area (Å²) in [6, 6.07) is 14.0. The van der Waals surface area contributed by atoms with Gasteiger partial charge in [-0.05, 0) is 32.2 Å². The first-order chi connectivity index (χ1) is 11.1. The van der Waals surface area contributed by atoms with Crippen molar-refractivity contribution in [2.75, 3.05) is 13.6 Å². The number of hydrogen-bond acceptors (Lipinski definition) is 3. The van der Waals surface area contributed by atoms with E-state index in [0.717, 1.165) is 51.7 Å². The minimum absolute atomic E-state index is 0.0363. The molecule has 1 unspecified atom stereocenters. The van der Waals surface area contributed by atoms with Gasteiger partial charge in [-0.2, -0.15) is 0 Å². The monoisotopic (exact) mass is 327 g/mol. The molecule has 2 aromatic carbocycles. The Morgan fingerprint density at radius 2 is 1.96 bits per heavy atom. The van der Waals surface area contributed by atoms with Crippen LogP contribution in [0.3, 0.4) is 0 Å². The minimum Gasteiger partial charge on any atom is -0.484 e. The highest BCUT2D eigenvalue weighted by atomic mass is 35.5. The molecule has 3 aromatic rings. The number of likely N-dealkylation sites (N-methyl/N-ethyl adjacent to an activating group) is 1. The van der Waals surface area contributed by atoms with E-state index >= 15 is 0 Å². The number of aryl methyl sites for hydroxylation is 1. The van der Waals surface area contributed by atoms with E-state index in [2.05, 4.69) is 18.0 Å². The van der Waals surface area contributed by atoms with Crippen molar-refractivity contribution < 1.29 is 9.15 Å². The Morgan fingerprint density at radius 3 is 2.78 bits per heavy atom. The van der Waals surface area contributed by atoms with Crippen LogP contribution in [-0.2, 0) is 6.54 Å². The molecule has 118 valence electrons. The van der Waals surface area contributed by atoms with Crippen LogP contribution in [0.1, 0.15) is 23.2 Å². The number of rotatable bonds is 2. The van der Waals surface area contributed by atoms with Gasteiger partial charge in [0.25, 0.3) is 0 Å². The van der Waals surface area contributed by atoms with Gasteiger partial charge >= 0.3 is 0 Å². The van der Waals surface area contributed by atoms with E-state index in [-0.39, 0.29) is 6.10 Å². The first-order valence-corrected chi connectivity index (χ1v) is 8.11. The molecule has 0 radical (unpaired) electrons. The second-order valence-electron chi connectivity index (χ2n) is 6.13. The summed E-state index contributed by atoms with van der Waals surface area (Å²) in [5.74, 6) is 2.79. The maximum absolute atomic E-state index is 6.37. The average molecular weight is 328 g/mol. The van der Waals surface area contributed by atoms with Crippen molar-refractivity contribution in [2.24, 2.45) is 0 Å². The standard InChI is InChI=1S/C19H18ClNO2/c1-12-9-15-18(22-12)10-21(2)11-19(15)23-17-8-7-16(20)13-5-3-4-6-14(13)17/h3-9,19H,10-11H2,1-2H3. The highest BCUT2D eigenvalue weighted by Gasteiger charge is 2.28. The lowest BCUT2D eigenvalue weighted by molar-refractivity contribution is 0.121. The largest absolute Gasteiger partial charge is 0.484 e. The van der Waals surface area contributed by atoms with Crippen molar-refractivity contribution in [3.63, 3.8) is 0 Å². The molecule has 0 fully saturated rings. The fourth-order valence-electron chi connectivity index (χ4n) is 3.26. The maximum atomic E-state index is 6.37. The molecule has 1 aromatic heterocycles. The lowest BCUT2D eigenvalue weighted by Crippen LogP contribution is -2.32. The average Bonchev–Trinajstić information content (AvgIpc) is 2.90. The summed E-state index contributed by atoms with van der Waals surface area (Å²) in [5.41, 5.74) is 1.15. The molecule has 0 saturated heterocycles. The van der Waals surface area contributed by atoms with Gasteiger partial charge in [-0.15, -0.1) is 0 Å². The molecule has 0 aliphatic carbocycles. The van der Waals surface area contributed by atoms with E-state index in [1.54, 1.807) is 0 Å². The van der Waals surface area contributed by atoms with Gasteiger partial charge in [-0.25, -0.2) is 0 Å². The van der Waals surface area contributed by atoms with Crippen molar-refractivity contribution in [1.29, 1.82) is 0 Å². The number of fused-ring (bicyclic) bond motifs is 2. The molecule has 0 spiro atoms. The summed E-state index contributed by atoms with van der Waals surface area (Å²) >= 11 is 6.30. The van der Waals surface area contributed by atoms with Crippen LogP contribution in [0, 0.1) is 6.92 Å². The van der Waals surface area contributed by atoms with Gasteiger partial charge in [0.2, 0.25) is 0 Å². The van der Waals surface area contributed by atoms with Gasteiger partial charge in [0.05, 0.1) is 6.54 Å². The third-order valence-electron chi connectivity index (χ3n) is 4.30. The Labute approximate surface area is 140 Å². The molecule has 4 rings (SSSR count). The summed E-state index contributed by atoms with van der Waals surface area (Å²) < 4.78 is 12.2. The van der Waals surface area contributed by atoms with E-state index in [0.29, 0.717) is 0 Å². The van der Waals surface area contributed by atoms with Crippen molar-refractivity contribution >= 4 is 22.4 Å². The number of hydrogen-bond donors (Lipinski definition) is 0. The Bertz CT molecular complexity index is 871. The summed E-state index contributed by atoms with van der Waals surface area (Å²) in [5, 5.41) is 2.79. The molecule has 1 atom stereocenters. The first-order valence-electron chi connectivity index (χ1n) is 7.73. The van der Waals surface area contributed by atoms with Gasteiger partial charge in [0, 0.05) is 27.9 Å². The maximum Gasteiger partial charge on any atom is 0.140 e. The molecule has 2 heterocycles. The van der Waals surface area contributed by atoms with Gasteiger partial charge in [0.15, 0.2) is 0 Å². The smallest absolute Gasteiger partial charge is 0.140 e. The van der Waals surface area contributed by atoms with Crippen LogP contribution in [0.2, 0.25) is 5.02 Å². The van der Waals surface area contributed by atoms with Crippen LogP contribution in [0.4, 0.5) is 0 Å². The number of benzene rings is 2. The van der Waals surface area contributed by atoms with E-state index in [1.807, 2.05) is 43.3 Å². The van der Waals surface area contributed by atoms with Crippen LogP contribution in [0.5, 0.6) is 5.75 Å². The lowest BCUT2D eigenvalue weighted by Gasteiger charge is -2.29. The van der Waals surface area contributed by atoms with Gasteiger partial charge in [-0.3, -0.25) is 4.90 Å². The molecule has 1 aliphatic heterocycles. The molecule has 4 heteroatoms. The minimum atomic E-state index is -0.0363. The molecule has 23 heavy (non-hydrogen) atoms. The normalized spacial score (nSPS) is 18.1. The molecule has 1 aliphatic rings. The molecular formula is C19H18ClNO2. The Hall–Kier alpha value is -1.97. The van der Waals surface area contributed by atoms with Gasteiger partial charge in [-0.1, -0.05) is 35.9 Å². The van der Waals surface area contributed by atoms with Crippen molar-refractivity contribution in [3.8, 4) is 5.75 Å². The Morgan fingerprint density at radius 1 is 1.17 bits per heavy atom. The second kappa shape index (κ2) is 5.59. The second-order valence-corrected chi connectivity index (χ2v) is 6.54. The Kier molecular flexibility index (Phi) is 3.55. The molecule has 0 N–H and O–H groups in total. The predicted molar refractivity (Wildman–Crippen MR) is 92.1 cm³/mol. The topological polar surface area (TPSA) is 25.6 Å². The van der Waals surface area contributed by atoms with E-state index < -0.39 is 0 Å². The van der Waals surface area contributed by atoms with Crippen LogP contribution in [0.15, 0.2) is 46.9 Å². The highest BCUT2D eigenvalue weighted by molar-refractivity contribution is 6.35. The zero-order valence-electron chi connectivity index (χ0n) is 13.2. The summed E-state index contributed by atoms with van der Waals surface area (Å²) in [4.78, 5) is 2.22. The molecular weight excluding hydrogens is 310 g/mol. The van der Waals surface area contributed by atoms with Crippen LogP contribution in [-0.4, -0.2) is 18.5 Å². The van der Waals surface area contributed by atoms with Crippen LogP contribution in [0.25, 0.3) is 10.8 Å². The van der Waals surface area contributed by atoms with Gasteiger partial charge < -0.3 is 9.15 Å². The highest BCUT2D eigenvalue weighted by Crippen LogP contribution is 2.37. The molecule has 0 bridgehead atoms. The number of furan rings is 1. The predicted octanol–water partition coefficient (Wildman–Crippen LogP) is 4.96. The molecule has 3 nitrogen and oxygen atoms in total. The first kappa shape index (κ1) is 14.6. The third kappa shape index (κ3) is 2.60. The van der Waals surface area contributed by atoms with Crippen molar-refractivity contribution in [2.45, 2.75) is 19.6 Å². The zero-order valence-corrected chi connectivity index (χ0v) is 13.9. The summed E-state index contributed by atoms with van der Waals surface area (Å²) in [7, 11) is 2.08. The number of halogens is 1. The summed E-state index contributed by atoms with van der Waals surface area (Å²) in [6.07, 6.45) is -0.0363. The molecule has 0 amide bonds. The Balaban J connectivity index is 1.75. The lowest BCUT2D eigenvalue weighted by atomic mass is 10.0. The van der Waals surface area contributed by atoms with Gasteiger partial charge in [0.1, 0.15) is 23.4 Å². The van der Waals surface area contributed by atoms with E-state index in [1.165, 1.54) is 0 Å². The van der Waals surface area contributed by atoms with Crippen LogP contribution < -0.4 is 4.74 Å². The van der Waals surface area contributed by atoms with E-state index in [9.17, 15) is 0 Å². The molecule has 0 saturated carbocycles. The summed E-state index contributed by atoms with van der Waals surface area (Å²) in [6.45, 7) is 3.64. The SMILES string of the molecule is Cc1cc2c(o1)CN(C)CC2Oc1ccc(Cl)c2ccccc12. The van der Waals surface area contributed by atoms with Crippen molar-refractivity contribution in [1.82, 2.24) is 4.90 Å². The number of nitrogens with zero attached hydrogens (tertiary/aromatic N) is 1. The fourth-order valence-corrected chi connectivity index (χ4v) is 3.49. The fraction of sp³-hybridized carbons (Fsp3) is 0.263. The van der Waals surface area contributed by atoms with Crippen molar-refractivity contribution in [3.05, 3.63) is 64.6 Å². The van der Waals surface area contributed by atoms with E-state index in [4.69, 9.17) is 20.8 Å².